The fourth-order valence-corrected chi connectivity index (χ4v) is 1.97. The van der Waals surface area contributed by atoms with Crippen molar-refractivity contribution in [3.63, 3.8) is 0 Å². The van der Waals surface area contributed by atoms with Gasteiger partial charge in [-0.3, -0.25) is 0 Å². The number of benzene rings is 1. The Bertz CT molecular complexity index is 335. The molecular formula is C14H23NO3. The second-order valence-corrected chi connectivity index (χ2v) is 4.29. The van der Waals surface area contributed by atoms with Crippen molar-refractivity contribution in [2.24, 2.45) is 0 Å². The van der Waals surface area contributed by atoms with E-state index in [1.807, 2.05) is 19.1 Å². The van der Waals surface area contributed by atoms with Crippen LogP contribution in [0.25, 0.3) is 0 Å². The lowest BCUT2D eigenvalue weighted by molar-refractivity contribution is -0.120. The van der Waals surface area contributed by atoms with Crippen LogP contribution in [0.15, 0.2) is 24.3 Å². The SMILES string of the molecule is COc1ccc(C(C)NC(C)C(OC)OC)cc1. The van der Waals surface area contributed by atoms with E-state index in [-0.39, 0.29) is 18.4 Å². The smallest absolute Gasteiger partial charge is 0.171 e. The zero-order chi connectivity index (χ0) is 13.5. The van der Waals surface area contributed by atoms with E-state index in [0.717, 1.165) is 5.75 Å². The first-order chi connectivity index (χ1) is 8.62. The van der Waals surface area contributed by atoms with Gasteiger partial charge in [0.1, 0.15) is 5.75 Å². The van der Waals surface area contributed by atoms with Crippen molar-refractivity contribution in [1.29, 1.82) is 0 Å². The van der Waals surface area contributed by atoms with Gasteiger partial charge in [-0.2, -0.15) is 0 Å². The highest BCUT2D eigenvalue weighted by molar-refractivity contribution is 5.28. The van der Waals surface area contributed by atoms with Gasteiger partial charge in [0.2, 0.25) is 0 Å². The van der Waals surface area contributed by atoms with Gasteiger partial charge in [-0.05, 0) is 31.5 Å². The molecule has 0 radical (unpaired) electrons. The average Bonchev–Trinajstić information content (AvgIpc) is 2.40. The molecule has 0 fully saturated rings. The summed E-state index contributed by atoms with van der Waals surface area (Å²) in [6.45, 7) is 4.15. The van der Waals surface area contributed by atoms with E-state index in [9.17, 15) is 0 Å². The van der Waals surface area contributed by atoms with E-state index in [4.69, 9.17) is 14.2 Å². The lowest BCUT2D eigenvalue weighted by atomic mass is 10.1. The molecular weight excluding hydrogens is 230 g/mol. The van der Waals surface area contributed by atoms with Crippen molar-refractivity contribution in [3.8, 4) is 5.75 Å². The van der Waals surface area contributed by atoms with Crippen LogP contribution in [-0.4, -0.2) is 33.7 Å². The van der Waals surface area contributed by atoms with Crippen LogP contribution >= 0.6 is 0 Å². The molecule has 0 bridgehead atoms. The molecule has 0 aliphatic heterocycles. The minimum Gasteiger partial charge on any atom is -0.497 e. The standard InChI is InChI=1S/C14H23NO3/c1-10(15-11(2)14(17-4)18-5)12-6-8-13(16-3)9-7-12/h6-11,14-15H,1-5H3. The molecule has 0 spiro atoms. The van der Waals surface area contributed by atoms with Gasteiger partial charge >= 0.3 is 0 Å². The average molecular weight is 253 g/mol. The van der Waals surface area contributed by atoms with Crippen molar-refractivity contribution >= 4 is 0 Å². The van der Waals surface area contributed by atoms with Gasteiger partial charge < -0.3 is 19.5 Å². The number of hydrogen-bond donors (Lipinski definition) is 1. The molecule has 0 heterocycles. The lowest BCUT2D eigenvalue weighted by Crippen LogP contribution is -2.40. The molecule has 0 saturated heterocycles. The summed E-state index contributed by atoms with van der Waals surface area (Å²) in [4.78, 5) is 0. The summed E-state index contributed by atoms with van der Waals surface area (Å²) < 4.78 is 15.6. The molecule has 18 heavy (non-hydrogen) atoms. The molecule has 2 atom stereocenters. The lowest BCUT2D eigenvalue weighted by Gasteiger charge is -2.26. The van der Waals surface area contributed by atoms with Crippen LogP contribution in [0.5, 0.6) is 5.75 Å². The minimum atomic E-state index is -0.245. The second-order valence-electron chi connectivity index (χ2n) is 4.29. The van der Waals surface area contributed by atoms with E-state index < -0.39 is 0 Å². The summed E-state index contributed by atoms with van der Waals surface area (Å²) in [6, 6.07) is 8.36. The Balaban J connectivity index is 2.60. The van der Waals surface area contributed by atoms with E-state index in [0.29, 0.717) is 0 Å². The number of nitrogens with one attached hydrogen (secondary N) is 1. The summed E-state index contributed by atoms with van der Waals surface area (Å²) in [6.07, 6.45) is -0.245. The molecule has 0 aliphatic carbocycles. The van der Waals surface area contributed by atoms with Crippen molar-refractivity contribution in [2.75, 3.05) is 21.3 Å². The maximum absolute atomic E-state index is 5.23. The van der Waals surface area contributed by atoms with Crippen LogP contribution in [0.2, 0.25) is 0 Å². The number of ether oxygens (including phenoxy) is 3. The van der Waals surface area contributed by atoms with Crippen molar-refractivity contribution in [1.82, 2.24) is 5.32 Å². The molecule has 2 unspecified atom stereocenters. The first-order valence-corrected chi connectivity index (χ1v) is 6.08. The Hall–Kier alpha value is -1.10. The van der Waals surface area contributed by atoms with Gasteiger partial charge in [0.15, 0.2) is 6.29 Å². The largest absolute Gasteiger partial charge is 0.497 e. The van der Waals surface area contributed by atoms with Crippen molar-refractivity contribution < 1.29 is 14.2 Å². The molecule has 0 saturated carbocycles. The fourth-order valence-electron chi connectivity index (χ4n) is 1.97. The van der Waals surface area contributed by atoms with Gasteiger partial charge in [-0.15, -0.1) is 0 Å². The highest BCUT2D eigenvalue weighted by Gasteiger charge is 2.18. The Morgan fingerprint density at radius 2 is 1.50 bits per heavy atom. The Labute approximate surface area is 109 Å². The molecule has 1 N–H and O–H groups in total. The third kappa shape index (κ3) is 3.98. The van der Waals surface area contributed by atoms with Crippen molar-refractivity contribution in [3.05, 3.63) is 29.8 Å². The van der Waals surface area contributed by atoms with Crippen LogP contribution < -0.4 is 10.1 Å². The first-order valence-electron chi connectivity index (χ1n) is 6.08. The summed E-state index contributed by atoms with van der Waals surface area (Å²) in [5, 5.41) is 3.44. The first kappa shape index (κ1) is 15.0. The molecule has 4 heteroatoms. The Kier molecular flexibility index (Phi) is 6.12. The quantitative estimate of drug-likeness (QED) is 0.757. The monoisotopic (exact) mass is 253 g/mol. The van der Waals surface area contributed by atoms with E-state index >= 15 is 0 Å². The molecule has 0 aromatic heterocycles. The maximum atomic E-state index is 5.23. The van der Waals surface area contributed by atoms with Gasteiger partial charge in [0.25, 0.3) is 0 Å². The topological polar surface area (TPSA) is 39.7 Å². The van der Waals surface area contributed by atoms with Crippen LogP contribution in [0.4, 0.5) is 0 Å². The summed E-state index contributed by atoms with van der Waals surface area (Å²) in [7, 11) is 4.95. The third-order valence-corrected chi connectivity index (χ3v) is 3.00. The molecule has 0 aliphatic rings. The van der Waals surface area contributed by atoms with Crippen LogP contribution in [0.1, 0.15) is 25.5 Å². The molecule has 4 nitrogen and oxygen atoms in total. The summed E-state index contributed by atoms with van der Waals surface area (Å²) in [5.74, 6) is 0.866. The summed E-state index contributed by atoms with van der Waals surface area (Å²) >= 11 is 0. The number of hydrogen-bond acceptors (Lipinski definition) is 4. The molecule has 1 rings (SSSR count). The van der Waals surface area contributed by atoms with Gasteiger partial charge in [0, 0.05) is 20.3 Å². The highest BCUT2D eigenvalue weighted by atomic mass is 16.7. The second kappa shape index (κ2) is 7.36. The normalized spacial score (nSPS) is 14.6. The fraction of sp³-hybridized carbons (Fsp3) is 0.571. The highest BCUT2D eigenvalue weighted by Crippen LogP contribution is 2.18. The molecule has 1 aromatic rings. The minimum absolute atomic E-state index is 0.108. The van der Waals surface area contributed by atoms with E-state index in [1.165, 1.54) is 5.56 Å². The van der Waals surface area contributed by atoms with E-state index in [1.54, 1.807) is 21.3 Å². The van der Waals surface area contributed by atoms with Crippen LogP contribution in [0.3, 0.4) is 0 Å². The number of methoxy groups -OCH3 is 3. The molecule has 0 amide bonds. The third-order valence-electron chi connectivity index (χ3n) is 3.00. The zero-order valence-electron chi connectivity index (χ0n) is 11.8. The Morgan fingerprint density at radius 3 is 1.94 bits per heavy atom. The summed E-state index contributed by atoms with van der Waals surface area (Å²) in [5.41, 5.74) is 1.20. The van der Waals surface area contributed by atoms with E-state index in [2.05, 4.69) is 24.4 Å². The van der Waals surface area contributed by atoms with Gasteiger partial charge in [0.05, 0.1) is 13.2 Å². The molecule has 1 aromatic carbocycles. The predicted octanol–water partition coefficient (Wildman–Crippen LogP) is 2.35. The Morgan fingerprint density at radius 1 is 0.944 bits per heavy atom. The van der Waals surface area contributed by atoms with Crippen LogP contribution in [-0.2, 0) is 9.47 Å². The van der Waals surface area contributed by atoms with Gasteiger partial charge in [-0.1, -0.05) is 12.1 Å². The number of rotatable bonds is 7. The van der Waals surface area contributed by atoms with Gasteiger partial charge in [-0.25, -0.2) is 0 Å². The van der Waals surface area contributed by atoms with Crippen LogP contribution in [0, 0.1) is 0 Å². The maximum Gasteiger partial charge on any atom is 0.171 e. The zero-order valence-corrected chi connectivity index (χ0v) is 11.8. The predicted molar refractivity (Wildman–Crippen MR) is 71.8 cm³/mol. The molecule has 102 valence electrons. The van der Waals surface area contributed by atoms with Crippen molar-refractivity contribution in [2.45, 2.75) is 32.2 Å².